The highest BCUT2D eigenvalue weighted by molar-refractivity contribution is 5.97. The van der Waals surface area contributed by atoms with E-state index in [0.29, 0.717) is 18.0 Å². The van der Waals surface area contributed by atoms with Crippen LogP contribution in [0.1, 0.15) is 5.56 Å². The van der Waals surface area contributed by atoms with Gasteiger partial charge in [-0.05, 0) is 29.8 Å². The lowest BCUT2D eigenvalue weighted by Gasteiger charge is -2.35. The molecule has 0 bridgehead atoms. The number of amides is 1. The zero-order valence-corrected chi connectivity index (χ0v) is 16.0. The van der Waals surface area contributed by atoms with E-state index in [1.165, 1.54) is 5.69 Å². The van der Waals surface area contributed by atoms with Gasteiger partial charge in [0.15, 0.2) is 11.5 Å². The number of benzene rings is 2. The van der Waals surface area contributed by atoms with Gasteiger partial charge in [0.05, 0.1) is 0 Å². The number of carbonyl (C=O) groups excluding carboxylic acids is 1. The van der Waals surface area contributed by atoms with E-state index in [1.54, 1.807) is 6.20 Å². The molecular weight excluding hydrogens is 368 g/mol. The Labute approximate surface area is 169 Å². The highest BCUT2D eigenvalue weighted by Gasteiger charge is 2.18. The molecule has 7 heteroatoms. The number of para-hydroxylation sites is 1. The average molecular weight is 390 g/mol. The molecule has 0 saturated carbocycles. The summed E-state index contributed by atoms with van der Waals surface area (Å²) in [6.07, 6.45) is 1.66. The van der Waals surface area contributed by atoms with Gasteiger partial charge in [-0.1, -0.05) is 24.3 Å². The molecule has 29 heavy (non-hydrogen) atoms. The van der Waals surface area contributed by atoms with Crippen LogP contribution in [0.4, 0.5) is 5.69 Å². The number of carbonyl (C=O) groups is 1. The molecule has 0 spiro atoms. The van der Waals surface area contributed by atoms with Crippen LogP contribution in [0, 0.1) is 11.3 Å². The maximum atomic E-state index is 12.4. The summed E-state index contributed by atoms with van der Waals surface area (Å²) < 4.78 is 10.6. The topological polar surface area (TPSA) is 77.8 Å². The van der Waals surface area contributed by atoms with Crippen molar-refractivity contribution in [2.24, 2.45) is 0 Å². The minimum absolute atomic E-state index is 0.110. The zero-order chi connectivity index (χ0) is 20.1. The fourth-order valence-electron chi connectivity index (χ4n) is 3.40. The first-order valence-corrected chi connectivity index (χ1v) is 9.55. The minimum Gasteiger partial charge on any atom is -0.454 e. The monoisotopic (exact) mass is 390 g/mol. The van der Waals surface area contributed by atoms with Gasteiger partial charge in [-0.25, -0.2) is 0 Å². The molecule has 0 radical (unpaired) electrons. The number of rotatable bonds is 5. The maximum Gasteiger partial charge on any atom is 0.263 e. The minimum atomic E-state index is -0.379. The van der Waals surface area contributed by atoms with Gasteiger partial charge in [0, 0.05) is 44.6 Å². The lowest BCUT2D eigenvalue weighted by molar-refractivity contribution is -0.117. The summed E-state index contributed by atoms with van der Waals surface area (Å²) >= 11 is 0. The largest absolute Gasteiger partial charge is 0.454 e. The van der Waals surface area contributed by atoms with Crippen LogP contribution in [-0.4, -0.2) is 43.8 Å². The Morgan fingerprint density at radius 1 is 1.07 bits per heavy atom. The van der Waals surface area contributed by atoms with Gasteiger partial charge in [0.2, 0.25) is 6.79 Å². The molecule has 0 atom stereocenters. The van der Waals surface area contributed by atoms with E-state index in [2.05, 4.69) is 22.3 Å². The molecule has 0 unspecified atom stereocenters. The fourth-order valence-corrected chi connectivity index (χ4v) is 3.40. The van der Waals surface area contributed by atoms with Gasteiger partial charge in [0.25, 0.3) is 5.91 Å². The third-order valence-corrected chi connectivity index (χ3v) is 5.00. The summed E-state index contributed by atoms with van der Waals surface area (Å²) in [6, 6.07) is 17.8. The number of nitrogens with one attached hydrogen (secondary N) is 1. The number of piperazine rings is 1. The second kappa shape index (κ2) is 8.57. The summed E-state index contributed by atoms with van der Waals surface area (Å²) in [4.78, 5) is 16.8. The molecule has 2 aliphatic heterocycles. The van der Waals surface area contributed by atoms with Crippen molar-refractivity contribution in [2.45, 2.75) is 6.54 Å². The van der Waals surface area contributed by atoms with E-state index in [4.69, 9.17) is 9.47 Å². The SMILES string of the molecule is N#C/C(=C/N1CCN(c2ccccc2)CC1)C(=O)NCc1ccc2c(c1)OCO2. The molecule has 1 N–H and O–H groups in total. The van der Waals surface area contributed by atoms with Gasteiger partial charge in [-0.2, -0.15) is 5.26 Å². The number of nitrogens with zero attached hydrogens (tertiary/aromatic N) is 3. The van der Waals surface area contributed by atoms with Crippen molar-refractivity contribution < 1.29 is 14.3 Å². The van der Waals surface area contributed by atoms with Crippen LogP contribution in [0.15, 0.2) is 60.3 Å². The van der Waals surface area contributed by atoms with Gasteiger partial charge in [-0.15, -0.1) is 0 Å². The predicted octanol–water partition coefficient (Wildman–Crippen LogP) is 2.26. The van der Waals surface area contributed by atoms with E-state index >= 15 is 0 Å². The number of anilines is 1. The molecule has 2 aromatic rings. The maximum absolute atomic E-state index is 12.4. The van der Waals surface area contributed by atoms with Crippen molar-refractivity contribution in [2.75, 3.05) is 37.9 Å². The third kappa shape index (κ3) is 4.43. The van der Waals surface area contributed by atoms with Crippen LogP contribution in [0.2, 0.25) is 0 Å². The van der Waals surface area contributed by atoms with E-state index in [0.717, 1.165) is 31.7 Å². The lowest BCUT2D eigenvalue weighted by atomic mass is 10.2. The molecule has 0 aliphatic carbocycles. The van der Waals surface area contributed by atoms with E-state index < -0.39 is 0 Å². The van der Waals surface area contributed by atoms with Crippen molar-refractivity contribution in [3.05, 3.63) is 65.9 Å². The third-order valence-electron chi connectivity index (χ3n) is 5.00. The predicted molar refractivity (Wildman–Crippen MR) is 108 cm³/mol. The van der Waals surface area contributed by atoms with Gasteiger partial charge in [-0.3, -0.25) is 4.79 Å². The quantitative estimate of drug-likeness (QED) is 0.623. The van der Waals surface area contributed by atoms with Crippen LogP contribution in [0.3, 0.4) is 0 Å². The molecule has 1 amide bonds. The molecule has 1 saturated heterocycles. The van der Waals surface area contributed by atoms with Gasteiger partial charge < -0.3 is 24.6 Å². The Morgan fingerprint density at radius 2 is 1.83 bits per heavy atom. The summed E-state index contributed by atoms with van der Waals surface area (Å²) in [6.45, 7) is 3.74. The molecule has 4 rings (SSSR count). The number of ether oxygens (including phenoxy) is 2. The zero-order valence-electron chi connectivity index (χ0n) is 16.0. The molecule has 2 aromatic carbocycles. The molecule has 148 valence electrons. The smallest absolute Gasteiger partial charge is 0.263 e. The van der Waals surface area contributed by atoms with Crippen molar-refractivity contribution in [3.8, 4) is 17.6 Å². The number of hydrogen-bond acceptors (Lipinski definition) is 6. The Balaban J connectivity index is 1.32. The molecular formula is C22H22N4O3. The highest BCUT2D eigenvalue weighted by atomic mass is 16.7. The van der Waals surface area contributed by atoms with Crippen molar-refractivity contribution in [3.63, 3.8) is 0 Å². The Kier molecular flexibility index (Phi) is 5.52. The van der Waals surface area contributed by atoms with Crippen LogP contribution in [0.5, 0.6) is 11.5 Å². The highest BCUT2D eigenvalue weighted by Crippen LogP contribution is 2.32. The van der Waals surface area contributed by atoms with Crippen LogP contribution in [-0.2, 0) is 11.3 Å². The second-order valence-corrected chi connectivity index (χ2v) is 6.88. The van der Waals surface area contributed by atoms with Crippen molar-refractivity contribution in [1.29, 1.82) is 5.26 Å². The molecule has 1 fully saturated rings. The van der Waals surface area contributed by atoms with Gasteiger partial charge >= 0.3 is 0 Å². The van der Waals surface area contributed by atoms with Crippen LogP contribution >= 0.6 is 0 Å². The Hall–Kier alpha value is -3.66. The first-order chi connectivity index (χ1) is 14.2. The summed E-state index contributed by atoms with van der Waals surface area (Å²) in [5.41, 5.74) is 2.19. The number of hydrogen-bond donors (Lipinski definition) is 1. The summed E-state index contributed by atoms with van der Waals surface area (Å²) in [5.74, 6) is 0.993. The van der Waals surface area contributed by atoms with E-state index in [1.807, 2.05) is 47.4 Å². The molecule has 2 heterocycles. The normalized spacial score (nSPS) is 15.8. The van der Waals surface area contributed by atoms with E-state index in [9.17, 15) is 10.1 Å². The fraction of sp³-hybridized carbons (Fsp3) is 0.273. The number of nitriles is 1. The standard InChI is InChI=1S/C22H22N4O3/c23-13-18(15-25-8-10-26(11-9-25)19-4-2-1-3-5-19)22(27)24-14-17-6-7-20-21(12-17)29-16-28-20/h1-7,12,15H,8-11,14,16H2,(H,24,27)/b18-15-. The molecule has 2 aliphatic rings. The second-order valence-electron chi connectivity index (χ2n) is 6.88. The van der Waals surface area contributed by atoms with Crippen molar-refractivity contribution >= 4 is 11.6 Å². The van der Waals surface area contributed by atoms with Crippen LogP contribution in [0.25, 0.3) is 0 Å². The molecule has 0 aromatic heterocycles. The lowest BCUT2D eigenvalue weighted by Crippen LogP contribution is -2.44. The molecule has 7 nitrogen and oxygen atoms in total. The first-order valence-electron chi connectivity index (χ1n) is 9.55. The average Bonchev–Trinajstić information content (AvgIpc) is 3.25. The first kappa shape index (κ1) is 18.7. The van der Waals surface area contributed by atoms with E-state index in [-0.39, 0.29) is 18.3 Å². The Bertz CT molecular complexity index is 944. The van der Waals surface area contributed by atoms with Crippen LogP contribution < -0.4 is 19.7 Å². The summed E-state index contributed by atoms with van der Waals surface area (Å²) in [7, 11) is 0. The van der Waals surface area contributed by atoms with Gasteiger partial charge in [0.1, 0.15) is 11.6 Å². The Morgan fingerprint density at radius 3 is 2.59 bits per heavy atom. The summed E-state index contributed by atoms with van der Waals surface area (Å²) in [5, 5.41) is 12.2. The number of fused-ring (bicyclic) bond motifs is 1. The van der Waals surface area contributed by atoms with Crippen molar-refractivity contribution in [1.82, 2.24) is 10.2 Å².